The van der Waals surface area contributed by atoms with E-state index in [0.29, 0.717) is 0 Å². The summed E-state index contributed by atoms with van der Waals surface area (Å²) in [5.74, 6) is 0. The van der Waals surface area contributed by atoms with Crippen molar-refractivity contribution in [2.24, 2.45) is 0 Å². The third-order valence-corrected chi connectivity index (χ3v) is 4.36. The maximum absolute atomic E-state index is 3.37. The average Bonchev–Trinajstić information content (AvgIpc) is 2.83. The molecule has 1 aromatic carbocycles. The Kier molecular flexibility index (Phi) is 9.44. The van der Waals surface area contributed by atoms with Gasteiger partial charge in [-0.15, -0.1) is 37.2 Å². The van der Waals surface area contributed by atoms with Crippen LogP contribution in [0.5, 0.6) is 0 Å². The number of benzene rings is 1. The lowest BCUT2D eigenvalue weighted by Gasteiger charge is -2.35. The molecule has 1 saturated heterocycles. The van der Waals surface area contributed by atoms with Crippen LogP contribution in [0.3, 0.4) is 0 Å². The molecule has 22 heavy (non-hydrogen) atoms. The normalized spacial score (nSPS) is 16.0. The van der Waals surface area contributed by atoms with E-state index >= 15 is 0 Å². The monoisotopic (exact) mass is 365 g/mol. The van der Waals surface area contributed by atoms with Crippen LogP contribution in [0.2, 0.25) is 0 Å². The number of likely N-dealkylation sites (tertiary alicyclic amines) is 1. The number of H-pyrrole nitrogens is 1. The van der Waals surface area contributed by atoms with Gasteiger partial charge in [0.05, 0.1) is 0 Å². The molecule has 0 aliphatic carbocycles. The zero-order valence-corrected chi connectivity index (χ0v) is 15.6. The molecule has 0 bridgehead atoms. The van der Waals surface area contributed by atoms with E-state index < -0.39 is 0 Å². The average molecular weight is 367 g/mol. The van der Waals surface area contributed by atoms with Crippen LogP contribution in [0.25, 0.3) is 10.9 Å². The van der Waals surface area contributed by atoms with Crippen molar-refractivity contribution >= 4 is 48.1 Å². The molecule has 2 heterocycles. The van der Waals surface area contributed by atoms with E-state index in [1.54, 1.807) is 0 Å². The van der Waals surface area contributed by atoms with Crippen LogP contribution in [0.15, 0.2) is 30.5 Å². The molecule has 0 saturated carbocycles. The first-order chi connectivity index (χ1) is 9.24. The van der Waals surface area contributed by atoms with Crippen molar-refractivity contribution in [1.82, 2.24) is 14.8 Å². The van der Waals surface area contributed by atoms with Crippen molar-refractivity contribution in [3.63, 3.8) is 0 Å². The summed E-state index contributed by atoms with van der Waals surface area (Å²) in [5.41, 5.74) is 2.68. The first-order valence-corrected chi connectivity index (χ1v) is 7.18. The van der Waals surface area contributed by atoms with Crippen LogP contribution < -0.4 is 0 Å². The highest BCUT2D eigenvalue weighted by molar-refractivity contribution is 5.86. The summed E-state index contributed by atoms with van der Waals surface area (Å²) < 4.78 is 0. The van der Waals surface area contributed by atoms with Crippen molar-refractivity contribution < 1.29 is 0 Å². The summed E-state index contributed by atoms with van der Waals surface area (Å²) >= 11 is 0. The van der Waals surface area contributed by atoms with Crippen LogP contribution in [0.1, 0.15) is 18.4 Å². The first kappa shape index (κ1) is 21.6. The fraction of sp³-hybridized carbons (Fsp3) is 0.500. The second-order valence-electron chi connectivity index (χ2n) is 5.83. The zero-order valence-electron chi connectivity index (χ0n) is 13.1. The maximum atomic E-state index is 3.37. The first-order valence-electron chi connectivity index (χ1n) is 7.18. The Morgan fingerprint density at radius 3 is 2.36 bits per heavy atom. The number of hydrogen-bond acceptors (Lipinski definition) is 2. The fourth-order valence-corrected chi connectivity index (χ4v) is 3.10. The number of aromatic nitrogens is 1. The van der Waals surface area contributed by atoms with Crippen molar-refractivity contribution in [2.75, 3.05) is 27.2 Å². The highest BCUT2D eigenvalue weighted by Gasteiger charge is 2.21. The molecular formula is C16H26Cl3N3. The molecule has 1 N–H and O–H groups in total. The molecule has 126 valence electrons. The molecule has 3 nitrogen and oxygen atoms in total. The van der Waals surface area contributed by atoms with Gasteiger partial charge in [0, 0.05) is 29.7 Å². The molecule has 1 aliphatic rings. The Labute approximate surface area is 151 Å². The van der Waals surface area contributed by atoms with Crippen molar-refractivity contribution in [1.29, 1.82) is 0 Å². The number of rotatable bonds is 3. The number of nitrogens with zero attached hydrogens (tertiary/aromatic N) is 2. The number of para-hydroxylation sites is 1. The van der Waals surface area contributed by atoms with Gasteiger partial charge in [0.25, 0.3) is 0 Å². The van der Waals surface area contributed by atoms with Crippen LogP contribution in [-0.2, 0) is 6.54 Å². The molecule has 1 fully saturated rings. The van der Waals surface area contributed by atoms with Gasteiger partial charge in [-0.25, -0.2) is 0 Å². The van der Waals surface area contributed by atoms with E-state index in [9.17, 15) is 0 Å². The van der Waals surface area contributed by atoms with Crippen LogP contribution in [0.4, 0.5) is 0 Å². The second-order valence-corrected chi connectivity index (χ2v) is 5.83. The van der Waals surface area contributed by atoms with Gasteiger partial charge >= 0.3 is 0 Å². The van der Waals surface area contributed by atoms with Gasteiger partial charge in [-0.05, 0) is 51.7 Å². The molecule has 0 amide bonds. The molecule has 2 aromatic rings. The molecule has 6 heteroatoms. The van der Waals surface area contributed by atoms with Gasteiger partial charge in [0.1, 0.15) is 0 Å². The highest BCUT2D eigenvalue weighted by Crippen LogP contribution is 2.22. The minimum Gasteiger partial charge on any atom is -0.361 e. The van der Waals surface area contributed by atoms with Gasteiger partial charge in [0.15, 0.2) is 0 Å². The standard InChI is InChI=1S/C16H23N3.3ClH/c1-18(2)14-7-9-19(10-8-14)12-13-11-17-16-6-4-3-5-15(13)16;;;/h3-6,11,14,17H,7-10,12H2,1-2H3;3*1H. The fourth-order valence-electron chi connectivity index (χ4n) is 3.10. The van der Waals surface area contributed by atoms with Crippen molar-refractivity contribution in [3.8, 4) is 0 Å². The Hall–Kier alpha value is -0.450. The minimum atomic E-state index is 0. The summed E-state index contributed by atoms with van der Waals surface area (Å²) in [5, 5.41) is 1.37. The Morgan fingerprint density at radius 2 is 1.73 bits per heavy atom. The van der Waals surface area contributed by atoms with Crippen molar-refractivity contribution in [3.05, 3.63) is 36.0 Å². The smallest absolute Gasteiger partial charge is 0.0457 e. The summed E-state index contributed by atoms with van der Waals surface area (Å²) in [6.45, 7) is 3.49. The Bertz CT molecular complexity index is 548. The lowest BCUT2D eigenvalue weighted by atomic mass is 10.0. The van der Waals surface area contributed by atoms with E-state index in [1.165, 1.54) is 42.4 Å². The third-order valence-electron chi connectivity index (χ3n) is 4.36. The largest absolute Gasteiger partial charge is 0.361 e. The lowest BCUT2D eigenvalue weighted by molar-refractivity contribution is 0.140. The van der Waals surface area contributed by atoms with E-state index in [0.717, 1.165) is 12.6 Å². The van der Waals surface area contributed by atoms with Crippen LogP contribution in [-0.4, -0.2) is 48.0 Å². The summed E-state index contributed by atoms with van der Waals surface area (Å²) in [6, 6.07) is 9.34. The molecule has 0 spiro atoms. The van der Waals surface area contributed by atoms with E-state index in [2.05, 4.69) is 59.3 Å². The summed E-state index contributed by atoms with van der Waals surface area (Å²) in [4.78, 5) is 8.31. The predicted octanol–water partition coefficient (Wildman–Crippen LogP) is 3.96. The van der Waals surface area contributed by atoms with Gasteiger partial charge in [-0.3, -0.25) is 4.90 Å². The number of nitrogens with one attached hydrogen (secondary N) is 1. The molecule has 3 rings (SSSR count). The molecular weight excluding hydrogens is 341 g/mol. The van der Waals surface area contributed by atoms with Crippen LogP contribution in [0, 0.1) is 0 Å². The molecule has 1 aliphatic heterocycles. The predicted molar refractivity (Wildman–Crippen MR) is 102 cm³/mol. The van der Waals surface area contributed by atoms with Gasteiger partial charge < -0.3 is 9.88 Å². The Balaban J connectivity index is 0.00000147. The maximum Gasteiger partial charge on any atom is 0.0457 e. The van der Waals surface area contributed by atoms with E-state index in [-0.39, 0.29) is 37.2 Å². The summed E-state index contributed by atoms with van der Waals surface area (Å²) in [7, 11) is 4.39. The molecule has 0 atom stereocenters. The van der Waals surface area contributed by atoms with E-state index in [4.69, 9.17) is 0 Å². The molecule has 0 radical (unpaired) electrons. The van der Waals surface area contributed by atoms with Gasteiger partial charge in [-0.1, -0.05) is 18.2 Å². The Morgan fingerprint density at radius 1 is 1.09 bits per heavy atom. The number of piperidine rings is 1. The van der Waals surface area contributed by atoms with Gasteiger partial charge in [-0.2, -0.15) is 0 Å². The number of fused-ring (bicyclic) bond motifs is 1. The number of halogens is 3. The second kappa shape index (κ2) is 9.64. The van der Waals surface area contributed by atoms with Gasteiger partial charge in [0.2, 0.25) is 0 Å². The van der Waals surface area contributed by atoms with Crippen molar-refractivity contribution in [2.45, 2.75) is 25.4 Å². The number of aromatic amines is 1. The third kappa shape index (κ3) is 4.77. The highest BCUT2D eigenvalue weighted by atomic mass is 35.5. The summed E-state index contributed by atoms with van der Waals surface area (Å²) in [6.07, 6.45) is 4.74. The zero-order chi connectivity index (χ0) is 13.2. The molecule has 1 aromatic heterocycles. The number of hydrogen-bond donors (Lipinski definition) is 1. The van der Waals surface area contributed by atoms with E-state index in [1.807, 2.05) is 0 Å². The molecule has 0 unspecified atom stereocenters. The topological polar surface area (TPSA) is 22.3 Å². The SMILES string of the molecule is CN(C)C1CCN(Cc2c[nH]c3ccccc23)CC1.Cl.Cl.Cl. The minimum absolute atomic E-state index is 0. The lowest BCUT2D eigenvalue weighted by Crippen LogP contribution is -2.41. The van der Waals surface area contributed by atoms with Crippen LogP contribution >= 0.6 is 37.2 Å². The quantitative estimate of drug-likeness (QED) is 0.888.